The molecule has 34 heavy (non-hydrogen) atoms. The molecule has 1 atom stereocenters. The molecule has 0 unspecified atom stereocenters. The van der Waals surface area contributed by atoms with Crippen molar-refractivity contribution in [2.45, 2.75) is 19.9 Å². The smallest absolute Gasteiger partial charge is 0.319 e. The van der Waals surface area contributed by atoms with Crippen molar-refractivity contribution in [3.8, 4) is 11.1 Å². The summed E-state index contributed by atoms with van der Waals surface area (Å²) in [5, 5.41) is 9.11. The third-order valence-electron chi connectivity index (χ3n) is 5.86. The summed E-state index contributed by atoms with van der Waals surface area (Å²) in [6, 6.07) is 15.0. The predicted octanol–water partition coefficient (Wildman–Crippen LogP) is 4.97. The third-order valence-corrected chi connectivity index (χ3v) is 5.86. The van der Waals surface area contributed by atoms with Crippen LogP contribution in [-0.4, -0.2) is 22.6 Å². The van der Waals surface area contributed by atoms with Crippen molar-refractivity contribution >= 4 is 28.4 Å². The maximum Gasteiger partial charge on any atom is 0.319 e. The van der Waals surface area contributed by atoms with Crippen LogP contribution < -0.4 is 21.5 Å². The van der Waals surface area contributed by atoms with E-state index in [-0.39, 0.29) is 17.3 Å². The second-order valence-electron chi connectivity index (χ2n) is 8.18. The number of amides is 2. The van der Waals surface area contributed by atoms with Crippen LogP contribution in [0.15, 0.2) is 65.6 Å². The fraction of sp³-hybridized carbons (Fsp3) is 0.192. The van der Waals surface area contributed by atoms with Crippen molar-refractivity contribution in [2.24, 2.45) is 7.05 Å². The maximum atomic E-state index is 14.7. The van der Waals surface area contributed by atoms with Crippen LogP contribution in [0.1, 0.15) is 24.1 Å². The Bertz CT molecular complexity index is 1430. The van der Waals surface area contributed by atoms with Gasteiger partial charge in [-0.05, 0) is 48.7 Å². The van der Waals surface area contributed by atoms with Crippen molar-refractivity contribution < 1.29 is 9.18 Å². The molecule has 2 amide bonds. The van der Waals surface area contributed by atoms with Gasteiger partial charge in [0.05, 0.1) is 17.2 Å². The molecule has 0 aliphatic heterocycles. The quantitative estimate of drug-likeness (QED) is 0.393. The van der Waals surface area contributed by atoms with Crippen LogP contribution in [0.3, 0.4) is 0 Å². The summed E-state index contributed by atoms with van der Waals surface area (Å²) in [6.07, 6.45) is 1.68. The normalized spacial score (nSPS) is 11.8. The first-order valence-electron chi connectivity index (χ1n) is 10.9. The number of rotatable bonds is 5. The van der Waals surface area contributed by atoms with Gasteiger partial charge >= 0.3 is 6.03 Å². The number of halogens is 1. The average Bonchev–Trinajstić information content (AvgIpc) is 2.83. The SMILES string of the molecule is CNc1cc2c(cn1)cc(-c1cc(NC(=O)N[C@H](C)c3ccccc3)c(F)cc1C)c(=O)n2C. The summed E-state index contributed by atoms with van der Waals surface area (Å²) in [4.78, 5) is 30.1. The highest BCUT2D eigenvalue weighted by Gasteiger charge is 2.17. The highest BCUT2D eigenvalue weighted by Crippen LogP contribution is 2.29. The van der Waals surface area contributed by atoms with E-state index in [1.54, 1.807) is 39.3 Å². The van der Waals surface area contributed by atoms with Crippen LogP contribution >= 0.6 is 0 Å². The number of hydrogen-bond donors (Lipinski definition) is 3. The highest BCUT2D eigenvalue weighted by atomic mass is 19.1. The number of carbonyl (C=O) groups is 1. The Hall–Kier alpha value is -4.20. The number of pyridine rings is 2. The number of nitrogens with one attached hydrogen (secondary N) is 3. The summed E-state index contributed by atoms with van der Waals surface area (Å²) < 4.78 is 16.3. The number of nitrogens with zero attached hydrogens (tertiary/aromatic N) is 2. The molecule has 174 valence electrons. The molecule has 2 aromatic heterocycles. The average molecular weight is 460 g/mol. The van der Waals surface area contributed by atoms with Gasteiger partial charge in [-0.1, -0.05) is 30.3 Å². The van der Waals surface area contributed by atoms with Crippen molar-refractivity contribution in [1.29, 1.82) is 0 Å². The predicted molar refractivity (Wildman–Crippen MR) is 134 cm³/mol. The lowest BCUT2D eigenvalue weighted by Gasteiger charge is -2.17. The number of aryl methyl sites for hydroxylation is 2. The van der Waals surface area contributed by atoms with E-state index in [1.807, 2.05) is 37.3 Å². The van der Waals surface area contributed by atoms with E-state index in [0.717, 1.165) is 16.5 Å². The molecule has 0 bridgehead atoms. The number of anilines is 2. The molecule has 4 rings (SSSR count). The minimum atomic E-state index is -0.582. The van der Waals surface area contributed by atoms with Crippen LogP contribution in [0.2, 0.25) is 0 Å². The molecule has 7 nitrogen and oxygen atoms in total. The van der Waals surface area contributed by atoms with Gasteiger partial charge in [0, 0.05) is 37.3 Å². The first kappa shape index (κ1) is 23.0. The summed E-state index contributed by atoms with van der Waals surface area (Å²) >= 11 is 0. The number of urea groups is 1. The van der Waals surface area contributed by atoms with Crippen LogP contribution in [0.5, 0.6) is 0 Å². The Morgan fingerprint density at radius 1 is 1.09 bits per heavy atom. The Balaban J connectivity index is 1.68. The molecular formula is C26H26FN5O2. The van der Waals surface area contributed by atoms with Gasteiger partial charge in [-0.2, -0.15) is 0 Å². The number of fused-ring (bicyclic) bond motifs is 1. The second-order valence-corrected chi connectivity index (χ2v) is 8.18. The van der Waals surface area contributed by atoms with Gasteiger partial charge in [0.25, 0.3) is 5.56 Å². The number of aromatic nitrogens is 2. The summed E-state index contributed by atoms with van der Waals surface area (Å²) in [6.45, 7) is 3.57. The maximum absolute atomic E-state index is 14.7. The molecule has 8 heteroatoms. The molecule has 0 aliphatic rings. The van der Waals surface area contributed by atoms with Gasteiger partial charge < -0.3 is 20.5 Å². The van der Waals surface area contributed by atoms with Crippen molar-refractivity contribution in [2.75, 3.05) is 17.7 Å². The summed E-state index contributed by atoms with van der Waals surface area (Å²) in [5.74, 6) is 0.0668. The topological polar surface area (TPSA) is 88.1 Å². The van der Waals surface area contributed by atoms with Gasteiger partial charge in [0.2, 0.25) is 0 Å². The van der Waals surface area contributed by atoms with Crippen LogP contribution in [0.4, 0.5) is 20.7 Å². The Labute approximate surface area is 196 Å². The fourth-order valence-electron chi connectivity index (χ4n) is 3.93. The molecule has 0 spiro atoms. The Kier molecular flexibility index (Phi) is 6.32. The van der Waals surface area contributed by atoms with Gasteiger partial charge in [0.1, 0.15) is 11.6 Å². The fourth-order valence-corrected chi connectivity index (χ4v) is 3.93. The first-order chi connectivity index (χ1) is 16.3. The molecule has 0 saturated heterocycles. The van der Waals surface area contributed by atoms with Crippen molar-refractivity contribution in [3.63, 3.8) is 0 Å². The Morgan fingerprint density at radius 2 is 1.82 bits per heavy atom. The zero-order chi connectivity index (χ0) is 24.4. The van der Waals surface area contributed by atoms with Gasteiger partial charge in [-0.25, -0.2) is 14.2 Å². The van der Waals surface area contributed by atoms with Crippen LogP contribution in [0.25, 0.3) is 22.0 Å². The van der Waals surface area contributed by atoms with E-state index in [1.165, 1.54) is 16.7 Å². The molecule has 0 aliphatic carbocycles. The number of carbonyl (C=O) groups excluding carboxylic acids is 1. The van der Waals surface area contributed by atoms with Gasteiger partial charge in [0.15, 0.2) is 0 Å². The van der Waals surface area contributed by atoms with Crippen molar-refractivity contribution in [3.05, 3.63) is 88.1 Å². The van der Waals surface area contributed by atoms with E-state index in [9.17, 15) is 14.0 Å². The molecule has 3 N–H and O–H groups in total. The largest absolute Gasteiger partial charge is 0.373 e. The number of benzene rings is 2. The van der Waals surface area contributed by atoms with E-state index in [2.05, 4.69) is 20.9 Å². The zero-order valence-corrected chi connectivity index (χ0v) is 19.4. The van der Waals surface area contributed by atoms with Crippen LogP contribution in [-0.2, 0) is 7.05 Å². The highest BCUT2D eigenvalue weighted by molar-refractivity contribution is 5.91. The van der Waals surface area contributed by atoms with Gasteiger partial charge in [-0.3, -0.25) is 4.79 Å². The molecule has 4 aromatic rings. The number of hydrogen-bond acceptors (Lipinski definition) is 4. The lowest BCUT2D eigenvalue weighted by Crippen LogP contribution is -2.31. The lowest BCUT2D eigenvalue weighted by atomic mass is 9.99. The van der Waals surface area contributed by atoms with Gasteiger partial charge in [-0.15, -0.1) is 0 Å². The monoisotopic (exact) mass is 459 g/mol. The van der Waals surface area contributed by atoms with E-state index in [0.29, 0.717) is 22.5 Å². The molecular weight excluding hydrogens is 433 g/mol. The summed E-state index contributed by atoms with van der Waals surface area (Å²) in [7, 11) is 3.44. The first-order valence-corrected chi connectivity index (χ1v) is 10.9. The standard InChI is InChI=1S/C26H26FN5O2/c1-15-10-21(27)22(31-26(34)30-16(2)17-8-6-5-7-9-17)12-19(15)20-11-18-14-29-24(28-3)13-23(18)32(4)25(20)33/h5-14,16H,1-4H3,(H,28,29)(H2,30,31,34)/t16-/m1/s1. The molecule has 0 saturated carbocycles. The molecule has 0 fully saturated rings. The lowest BCUT2D eigenvalue weighted by molar-refractivity contribution is 0.249. The van der Waals surface area contributed by atoms with Crippen molar-refractivity contribution in [1.82, 2.24) is 14.9 Å². The van der Waals surface area contributed by atoms with E-state index >= 15 is 0 Å². The summed E-state index contributed by atoms with van der Waals surface area (Å²) in [5.41, 5.74) is 2.92. The molecule has 0 radical (unpaired) electrons. The zero-order valence-electron chi connectivity index (χ0n) is 19.4. The molecule has 2 aromatic carbocycles. The van der Waals surface area contributed by atoms with E-state index in [4.69, 9.17) is 0 Å². The molecule has 2 heterocycles. The third kappa shape index (κ3) is 4.47. The van der Waals surface area contributed by atoms with E-state index < -0.39 is 11.8 Å². The minimum absolute atomic E-state index is 0.0100. The second kappa shape index (κ2) is 9.35. The Morgan fingerprint density at radius 3 is 2.53 bits per heavy atom. The van der Waals surface area contributed by atoms with Crippen LogP contribution in [0, 0.1) is 12.7 Å². The minimum Gasteiger partial charge on any atom is -0.373 e.